The Kier molecular flexibility index (Phi) is 9.54. The topological polar surface area (TPSA) is 16.4 Å². The van der Waals surface area contributed by atoms with Crippen molar-refractivity contribution in [3.8, 4) is 55.6 Å². The number of hydrogen-bond acceptors (Lipinski definition) is 2. The van der Waals surface area contributed by atoms with Crippen LogP contribution in [0.1, 0.15) is 0 Å². The average molecular weight is 866 g/mol. The van der Waals surface area contributed by atoms with Crippen molar-refractivity contribution in [1.82, 2.24) is 0 Å². The molecule has 0 aliphatic carbocycles. The monoisotopic (exact) mass is 865 g/mol. The predicted molar refractivity (Wildman–Crippen MR) is 288 cm³/mol. The van der Waals surface area contributed by atoms with E-state index in [1.54, 1.807) is 0 Å². The smallest absolute Gasteiger partial charge is 0.135 e. The molecule has 12 aromatic carbocycles. The summed E-state index contributed by atoms with van der Waals surface area (Å²) in [7, 11) is 0. The Morgan fingerprint density at radius 3 is 0.956 bits per heavy atom. The zero-order chi connectivity index (χ0) is 45.0. The molecule has 0 atom stereocenters. The van der Waals surface area contributed by atoms with E-state index in [0.717, 1.165) is 39.0 Å². The Balaban J connectivity index is 0.795. The number of para-hydroxylation sites is 1. The molecule has 13 rings (SSSR count). The lowest BCUT2D eigenvalue weighted by Crippen LogP contribution is -2.09. The number of rotatable bonds is 8. The van der Waals surface area contributed by atoms with Gasteiger partial charge in [0.15, 0.2) is 0 Å². The van der Waals surface area contributed by atoms with E-state index < -0.39 is 0 Å². The summed E-state index contributed by atoms with van der Waals surface area (Å²) in [4.78, 5) is 2.34. The fourth-order valence-corrected chi connectivity index (χ4v) is 10.2. The van der Waals surface area contributed by atoms with Crippen LogP contribution in [0.25, 0.3) is 110 Å². The van der Waals surface area contributed by atoms with Crippen LogP contribution >= 0.6 is 0 Å². The molecule has 0 radical (unpaired) electrons. The van der Waals surface area contributed by atoms with E-state index in [0.29, 0.717) is 0 Å². The molecule has 2 nitrogen and oxygen atoms in total. The van der Waals surface area contributed by atoms with E-state index in [1.165, 1.54) is 88.0 Å². The average Bonchev–Trinajstić information content (AvgIpc) is 3.80. The lowest BCUT2D eigenvalue weighted by atomic mass is 9.92. The molecule has 13 aromatic rings. The molecular weight excluding hydrogens is 823 g/mol. The SMILES string of the molecule is c1ccc(-c2ccc(N(c3ccc(-c4ccc(-c5ccc6oc7ccccc7c6c5)cc4)cc3)c3ccc(-c4ccc(-c5ccc6c7ccccc7c7ccccc7c6c5)cc4)cc3)cc2)cc1. The number of benzene rings is 12. The van der Waals surface area contributed by atoms with Crippen molar-refractivity contribution in [2.75, 3.05) is 4.90 Å². The largest absolute Gasteiger partial charge is 0.456 e. The molecule has 0 fully saturated rings. The van der Waals surface area contributed by atoms with Gasteiger partial charge in [0, 0.05) is 27.8 Å². The van der Waals surface area contributed by atoms with Crippen molar-refractivity contribution in [2.45, 2.75) is 0 Å². The maximum Gasteiger partial charge on any atom is 0.135 e. The molecule has 0 saturated carbocycles. The van der Waals surface area contributed by atoms with Gasteiger partial charge in [-0.15, -0.1) is 0 Å². The summed E-state index contributed by atoms with van der Waals surface area (Å²) in [6.45, 7) is 0. The molecule has 0 unspecified atom stereocenters. The highest BCUT2D eigenvalue weighted by molar-refractivity contribution is 6.25. The molecule has 2 heteroatoms. The number of fused-ring (bicyclic) bond motifs is 9. The fourth-order valence-electron chi connectivity index (χ4n) is 10.2. The van der Waals surface area contributed by atoms with Gasteiger partial charge in [0.1, 0.15) is 11.2 Å². The predicted octanol–water partition coefficient (Wildman–Crippen LogP) is 18.9. The van der Waals surface area contributed by atoms with E-state index in [9.17, 15) is 0 Å². The first-order valence-electron chi connectivity index (χ1n) is 23.3. The van der Waals surface area contributed by atoms with Crippen molar-refractivity contribution in [1.29, 1.82) is 0 Å². The maximum absolute atomic E-state index is 6.09. The van der Waals surface area contributed by atoms with E-state index in [-0.39, 0.29) is 0 Å². The Labute approximate surface area is 395 Å². The first-order valence-corrected chi connectivity index (χ1v) is 23.3. The summed E-state index contributed by atoms with van der Waals surface area (Å²) in [6.07, 6.45) is 0. The molecule has 1 heterocycles. The quantitative estimate of drug-likeness (QED) is 0.142. The van der Waals surface area contributed by atoms with Gasteiger partial charge in [0.25, 0.3) is 0 Å². The third-order valence-corrected chi connectivity index (χ3v) is 13.7. The normalized spacial score (nSPS) is 11.5. The highest BCUT2D eigenvalue weighted by Crippen LogP contribution is 2.40. The minimum atomic E-state index is 0.912. The zero-order valence-corrected chi connectivity index (χ0v) is 37.2. The van der Waals surface area contributed by atoms with Gasteiger partial charge in [0.2, 0.25) is 0 Å². The van der Waals surface area contributed by atoms with Crippen molar-refractivity contribution in [3.05, 3.63) is 261 Å². The van der Waals surface area contributed by atoms with Gasteiger partial charge in [-0.05, 0) is 149 Å². The van der Waals surface area contributed by atoms with Gasteiger partial charge < -0.3 is 9.32 Å². The van der Waals surface area contributed by atoms with Crippen LogP contribution in [0.15, 0.2) is 265 Å². The van der Waals surface area contributed by atoms with E-state index in [1.807, 2.05) is 12.1 Å². The second-order valence-corrected chi connectivity index (χ2v) is 17.7. The van der Waals surface area contributed by atoms with Gasteiger partial charge in [-0.1, -0.05) is 200 Å². The first-order chi connectivity index (χ1) is 33.7. The zero-order valence-electron chi connectivity index (χ0n) is 37.2. The van der Waals surface area contributed by atoms with Crippen molar-refractivity contribution in [3.63, 3.8) is 0 Å². The first kappa shape index (κ1) is 39.4. The highest BCUT2D eigenvalue weighted by Gasteiger charge is 2.16. The van der Waals surface area contributed by atoms with Crippen molar-refractivity contribution >= 4 is 71.3 Å². The Bertz CT molecular complexity index is 3930. The molecule has 0 N–H and O–H groups in total. The molecule has 0 amide bonds. The molecule has 0 spiro atoms. The fraction of sp³-hybridized carbons (Fsp3) is 0. The van der Waals surface area contributed by atoms with Crippen LogP contribution in [-0.4, -0.2) is 0 Å². The van der Waals surface area contributed by atoms with Crippen LogP contribution in [0.2, 0.25) is 0 Å². The summed E-state index contributed by atoms with van der Waals surface area (Å²) in [5.74, 6) is 0. The van der Waals surface area contributed by atoms with Crippen LogP contribution in [0, 0.1) is 0 Å². The number of anilines is 3. The molecule has 318 valence electrons. The molecular formula is C66H43NO. The van der Waals surface area contributed by atoms with Crippen LogP contribution in [-0.2, 0) is 0 Å². The minimum Gasteiger partial charge on any atom is -0.456 e. The Morgan fingerprint density at radius 2 is 0.485 bits per heavy atom. The molecule has 0 bridgehead atoms. The van der Waals surface area contributed by atoms with E-state index >= 15 is 0 Å². The van der Waals surface area contributed by atoms with Gasteiger partial charge in [0.05, 0.1) is 0 Å². The minimum absolute atomic E-state index is 0.912. The molecule has 0 saturated heterocycles. The van der Waals surface area contributed by atoms with Gasteiger partial charge in [-0.3, -0.25) is 0 Å². The molecule has 68 heavy (non-hydrogen) atoms. The van der Waals surface area contributed by atoms with Gasteiger partial charge in [-0.2, -0.15) is 0 Å². The number of nitrogens with zero attached hydrogens (tertiary/aromatic N) is 1. The second-order valence-electron chi connectivity index (χ2n) is 17.7. The Morgan fingerprint density at radius 1 is 0.191 bits per heavy atom. The third-order valence-electron chi connectivity index (χ3n) is 13.7. The van der Waals surface area contributed by atoms with E-state index in [4.69, 9.17) is 4.42 Å². The number of furan rings is 1. The summed E-state index contributed by atoms with van der Waals surface area (Å²) in [5, 5.41) is 10.0. The van der Waals surface area contributed by atoms with Gasteiger partial charge >= 0.3 is 0 Å². The van der Waals surface area contributed by atoms with E-state index in [2.05, 4.69) is 254 Å². The summed E-state index contributed by atoms with van der Waals surface area (Å²) < 4.78 is 6.09. The Hall–Kier alpha value is -8.98. The standard InChI is InChI=1S/C66H43NO/c1-2-10-44(11-3-1)47-26-34-54(35-27-47)67(56-38-30-49(31-39-56)46-20-24-51(25-21-46)53-33-41-66-64(43-53)62-16-8-9-17-65(62)68-66)55-36-28-48(29-37-55)45-18-22-50(23-19-45)52-32-40-61-59-14-5-4-12-57(59)58-13-6-7-15-60(58)63(61)42-52/h1-43H. The van der Waals surface area contributed by atoms with Crippen LogP contribution in [0.4, 0.5) is 17.1 Å². The van der Waals surface area contributed by atoms with Crippen LogP contribution in [0.5, 0.6) is 0 Å². The molecule has 0 aliphatic rings. The van der Waals surface area contributed by atoms with Crippen molar-refractivity contribution in [2.24, 2.45) is 0 Å². The summed E-state index contributed by atoms with van der Waals surface area (Å²) >= 11 is 0. The van der Waals surface area contributed by atoms with Gasteiger partial charge in [-0.25, -0.2) is 0 Å². The summed E-state index contributed by atoms with van der Waals surface area (Å²) in [6, 6.07) is 94.4. The summed E-state index contributed by atoms with van der Waals surface area (Å²) in [5.41, 5.74) is 17.0. The third kappa shape index (κ3) is 6.99. The lowest BCUT2D eigenvalue weighted by Gasteiger charge is -2.26. The second kappa shape index (κ2) is 16.5. The number of hydrogen-bond donors (Lipinski definition) is 0. The van der Waals surface area contributed by atoms with Crippen LogP contribution < -0.4 is 4.90 Å². The molecule has 0 aliphatic heterocycles. The maximum atomic E-state index is 6.09. The van der Waals surface area contributed by atoms with Crippen molar-refractivity contribution < 1.29 is 4.42 Å². The highest BCUT2D eigenvalue weighted by atomic mass is 16.3. The molecule has 1 aromatic heterocycles. The van der Waals surface area contributed by atoms with Crippen LogP contribution in [0.3, 0.4) is 0 Å². The lowest BCUT2D eigenvalue weighted by molar-refractivity contribution is 0.669.